The highest BCUT2D eigenvalue weighted by Gasteiger charge is 2.22. The molecule has 0 saturated heterocycles. The summed E-state index contributed by atoms with van der Waals surface area (Å²) in [4.78, 5) is 2.43. The number of nitrogens with one attached hydrogen (secondary N) is 1. The van der Waals surface area contributed by atoms with E-state index in [0.29, 0.717) is 6.04 Å². The van der Waals surface area contributed by atoms with Crippen LogP contribution in [0.15, 0.2) is 24.3 Å². The molecule has 0 bridgehead atoms. The van der Waals surface area contributed by atoms with Crippen molar-refractivity contribution < 1.29 is 0 Å². The molecule has 4 heteroatoms. The van der Waals surface area contributed by atoms with Gasteiger partial charge in [0.1, 0.15) is 0 Å². The Bertz CT molecular complexity index is 485. The van der Waals surface area contributed by atoms with Crippen LogP contribution in [-0.4, -0.2) is 24.0 Å². The molecule has 1 aliphatic rings. The molecule has 1 aliphatic heterocycles. The van der Waals surface area contributed by atoms with Crippen molar-refractivity contribution in [2.24, 2.45) is 0 Å². The first kappa shape index (κ1) is 15.2. The predicted molar refractivity (Wildman–Crippen MR) is 88.3 cm³/mol. The third kappa shape index (κ3) is 3.47. The van der Waals surface area contributed by atoms with Crippen molar-refractivity contribution in [1.82, 2.24) is 4.90 Å². The largest absolute Gasteiger partial charge is 0.397 e. The summed E-state index contributed by atoms with van der Waals surface area (Å²) in [5, 5.41) is 4.23. The molecule has 0 aliphatic carbocycles. The van der Waals surface area contributed by atoms with E-state index in [1.807, 2.05) is 12.1 Å². The fourth-order valence-corrected chi connectivity index (χ4v) is 2.70. The molecule has 1 heterocycles. The van der Waals surface area contributed by atoms with Gasteiger partial charge in [-0.25, -0.2) is 0 Å². The van der Waals surface area contributed by atoms with Crippen LogP contribution >= 0.6 is 11.6 Å². The Morgan fingerprint density at radius 3 is 3.00 bits per heavy atom. The average Bonchev–Trinajstić information content (AvgIpc) is 2.60. The molecular weight excluding hydrogens is 270 g/mol. The number of hydrogen-bond donors (Lipinski definition) is 2. The molecule has 0 fully saturated rings. The van der Waals surface area contributed by atoms with Gasteiger partial charge in [0.05, 0.1) is 11.4 Å². The van der Waals surface area contributed by atoms with Gasteiger partial charge in [0, 0.05) is 36.3 Å². The smallest absolute Gasteiger partial charge is 0.0635 e. The predicted octanol–water partition coefficient (Wildman–Crippen LogP) is 3.89. The number of nitrogens with zero attached hydrogens (tertiary/aromatic N) is 1. The van der Waals surface area contributed by atoms with Crippen molar-refractivity contribution >= 4 is 23.0 Å². The van der Waals surface area contributed by atoms with Crippen LogP contribution in [0.3, 0.4) is 0 Å². The Morgan fingerprint density at radius 2 is 2.25 bits per heavy atom. The minimum Gasteiger partial charge on any atom is -0.397 e. The summed E-state index contributed by atoms with van der Waals surface area (Å²) in [7, 11) is 0. The Labute approximate surface area is 126 Å². The fraction of sp³-hybridized carbons (Fsp3) is 0.500. The lowest BCUT2D eigenvalue weighted by Crippen LogP contribution is -2.35. The van der Waals surface area contributed by atoms with E-state index in [4.69, 9.17) is 17.3 Å². The first-order valence-corrected chi connectivity index (χ1v) is 7.71. The summed E-state index contributed by atoms with van der Waals surface area (Å²) < 4.78 is 0. The number of halogens is 1. The van der Waals surface area contributed by atoms with Crippen LogP contribution in [0.25, 0.3) is 0 Å². The van der Waals surface area contributed by atoms with Gasteiger partial charge >= 0.3 is 0 Å². The number of rotatable bonds is 4. The van der Waals surface area contributed by atoms with Crippen molar-refractivity contribution in [3.8, 4) is 0 Å². The second-order valence-corrected chi connectivity index (χ2v) is 5.82. The van der Waals surface area contributed by atoms with E-state index >= 15 is 0 Å². The minimum atomic E-state index is 0.448. The van der Waals surface area contributed by atoms with Crippen LogP contribution in [-0.2, 0) is 6.54 Å². The molecule has 0 amide bonds. The Morgan fingerprint density at radius 1 is 1.45 bits per heavy atom. The quantitative estimate of drug-likeness (QED) is 0.653. The van der Waals surface area contributed by atoms with Gasteiger partial charge in [0.15, 0.2) is 0 Å². The number of benzene rings is 1. The van der Waals surface area contributed by atoms with Gasteiger partial charge in [-0.05, 0) is 25.5 Å². The Balaban J connectivity index is 2.17. The van der Waals surface area contributed by atoms with E-state index in [2.05, 4.69) is 36.2 Å². The maximum absolute atomic E-state index is 6.34. The second-order valence-electron chi connectivity index (χ2n) is 5.41. The first-order chi connectivity index (χ1) is 9.63. The standard InChI is InChI=1S/C16H24ClN3/c1-3-4-5-6-9-20-11-13-14(17)7-8-15(18)16(13)19-10-12(20)2/h5-8,12,19H,3-4,9-11,18H2,1-2H3/b6-5+/t12-/m0/s1. The summed E-state index contributed by atoms with van der Waals surface area (Å²) >= 11 is 6.34. The molecule has 0 saturated carbocycles. The monoisotopic (exact) mass is 293 g/mol. The summed E-state index contributed by atoms with van der Waals surface area (Å²) in [5.74, 6) is 0. The van der Waals surface area contributed by atoms with Gasteiger partial charge in [-0.3, -0.25) is 4.90 Å². The Kier molecular flexibility index (Phi) is 5.32. The number of nitrogens with two attached hydrogens (primary N) is 1. The van der Waals surface area contributed by atoms with Crippen LogP contribution in [0.5, 0.6) is 0 Å². The zero-order chi connectivity index (χ0) is 14.5. The van der Waals surface area contributed by atoms with E-state index < -0.39 is 0 Å². The molecular formula is C16H24ClN3. The molecule has 1 aromatic carbocycles. The SMILES string of the molecule is CCC/C=C/CN1Cc2c(Cl)ccc(N)c2NC[C@@H]1C. The lowest BCUT2D eigenvalue weighted by atomic mass is 10.1. The maximum atomic E-state index is 6.34. The number of nitrogen functional groups attached to an aromatic ring is 1. The summed E-state index contributed by atoms with van der Waals surface area (Å²) in [5.41, 5.74) is 8.95. The number of hydrogen-bond acceptors (Lipinski definition) is 3. The second kappa shape index (κ2) is 7.00. The van der Waals surface area contributed by atoms with E-state index in [-0.39, 0.29) is 0 Å². The lowest BCUT2D eigenvalue weighted by molar-refractivity contribution is 0.236. The molecule has 0 radical (unpaired) electrons. The zero-order valence-corrected chi connectivity index (χ0v) is 13.1. The molecule has 0 spiro atoms. The lowest BCUT2D eigenvalue weighted by Gasteiger charge is -2.25. The molecule has 2 rings (SSSR count). The molecule has 0 aromatic heterocycles. The van der Waals surface area contributed by atoms with Crippen LogP contribution in [0.1, 0.15) is 32.3 Å². The van der Waals surface area contributed by atoms with Gasteiger partial charge < -0.3 is 11.1 Å². The minimum absolute atomic E-state index is 0.448. The van der Waals surface area contributed by atoms with Crippen LogP contribution in [0.2, 0.25) is 5.02 Å². The molecule has 1 atom stereocenters. The molecule has 110 valence electrons. The highest BCUT2D eigenvalue weighted by Crippen LogP contribution is 2.33. The van der Waals surface area contributed by atoms with Crippen LogP contribution in [0, 0.1) is 0 Å². The number of allylic oxidation sites excluding steroid dienone is 1. The van der Waals surface area contributed by atoms with Gasteiger partial charge in [0.25, 0.3) is 0 Å². The summed E-state index contributed by atoms with van der Waals surface area (Å²) in [6, 6.07) is 4.21. The summed E-state index contributed by atoms with van der Waals surface area (Å²) in [6.07, 6.45) is 6.85. The van der Waals surface area contributed by atoms with E-state index in [9.17, 15) is 0 Å². The van der Waals surface area contributed by atoms with Crippen LogP contribution < -0.4 is 11.1 Å². The van der Waals surface area contributed by atoms with Gasteiger partial charge in [-0.2, -0.15) is 0 Å². The highest BCUT2D eigenvalue weighted by molar-refractivity contribution is 6.32. The molecule has 3 nitrogen and oxygen atoms in total. The molecule has 1 aromatic rings. The molecule has 0 unspecified atom stereocenters. The maximum Gasteiger partial charge on any atom is 0.0635 e. The van der Waals surface area contributed by atoms with E-state index in [0.717, 1.165) is 48.0 Å². The van der Waals surface area contributed by atoms with Gasteiger partial charge in [0.2, 0.25) is 0 Å². The Hall–Kier alpha value is -1.19. The molecule has 20 heavy (non-hydrogen) atoms. The number of anilines is 2. The summed E-state index contributed by atoms with van der Waals surface area (Å²) in [6.45, 7) is 7.11. The topological polar surface area (TPSA) is 41.3 Å². The number of unbranched alkanes of at least 4 members (excludes halogenated alkanes) is 1. The van der Waals surface area contributed by atoms with Crippen molar-refractivity contribution in [3.05, 3.63) is 34.9 Å². The first-order valence-electron chi connectivity index (χ1n) is 7.33. The normalized spacial score (nSPS) is 19.6. The average molecular weight is 294 g/mol. The van der Waals surface area contributed by atoms with Gasteiger partial charge in [-0.15, -0.1) is 0 Å². The fourth-order valence-electron chi connectivity index (χ4n) is 2.48. The number of fused-ring (bicyclic) bond motifs is 1. The van der Waals surface area contributed by atoms with Crippen molar-refractivity contribution in [3.63, 3.8) is 0 Å². The van der Waals surface area contributed by atoms with Crippen LogP contribution in [0.4, 0.5) is 11.4 Å². The van der Waals surface area contributed by atoms with E-state index in [1.54, 1.807) is 0 Å². The highest BCUT2D eigenvalue weighted by atomic mass is 35.5. The third-order valence-corrected chi connectivity index (χ3v) is 4.16. The van der Waals surface area contributed by atoms with Crippen molar-refractivity contribution in [2.75, 3.05) is 24.1 Å². The van der Waals surface area contributed by atoms with Crippen molar-refractivity contribution in [1.29, 1.82) is 0 Å². The van der Waals surface area contributed by atoms with E-state index in [1.165, 1.54) is 6.42 Å². The van der Waals surface area contributed by atoms with Gasteiger partial charge in [-0.1, -0.05) is 37.1 Å². The van der Waals surface area contributed by atoms with Crippen molar-refractivity contribution in [2.45, 2.75) is 39.3 Å². The zero-order valence-electron chi connectivity index (χ0n) is 12.3. The molecule has 3 N–H and O–H groups in total. The third-order valence-electron chi connectivity index (χ3n) is 3.81.